The number of hydrogen-bond acceptors (Lipinski definition) is 4. The third-order valence-corrected chi connectivity index (χ3v) is 4.36. The molecule has 4 nitrogen and oxygen atoms in total. The van der Waals surface area contributed by atoms with Crippen molar-refractivity contribution in [3.8, 4) is 16.9 Å². The van der Waals surface area contributed by atoms with E-state index in [1.165, 1.54) is 12.1 Å². The lowest BCUT2D eigenvalue weighted by Gasteiger charge is -2.28. The number of nitrogens with zero attached hydrogens (tertiary/aromatic N) is 2. The van der Waals surface area contributed by atoms with E-state index < -0.39 is 12.1 Å². The minimum atomic E-state index is -4.43. The molecule has 1 unspecified atom stereocenters. The molecule has 3 rings (SSSR count). The molecule has 27 heavy (non-hydrogen) atoms. The Morgan fingerprint density at radius 1 is 1.11 bits per heavy atom. The quantitative estimate of drug-likeness (QED) is 0.821. The average molecular weight is 378 g/mol. The van der Waals surface area contributed by atoms with Crippen LogP contribution in [0.3, 0.4) is 0 Å². The number of alkyl halides is 3. The van der Waals surface area contributed by atoms with Crippen molar-refractivity contribution in [3.05, 3.63) is 60.3 Å². The van der Waals surface area contributed by atoms with Crippen LogP contribution in [-0.4, -0.2) is 43.5 Å². The molecule has 0 spiro atoms. The van der Waals surface area contributed by atoms with Gasteiger partial charge >= 0.3 is 6.18 Å². The summed E-state index contributed by atoms with van der Waals surface area (Å²) in [5.41, 5.74) is 1.52. The molecule has 0 amide bonds. The van der Waals surface area contributed by atoms with Crippen LogP contribution in [0.15, 0.2) is 54.7 Å². The van der Waals surface area contributed by atoms with Gasteiger partial charge in [0.2, 0.25) is 0 Å². The van der Waals surface area contributed by atoms with Crippen molar-refractivity contribution < 1.29 is 23.1 Å². The monoisotopic (exact) mass is 378 g/mol. The Kier molecular flexibility index (Phi) is 5.43. The number of hydrogen-bond donors (Lipinski definition) is 1. The maximum Gasteiger partial charge on any atom is 0.399 e. The van der Waals surface area contributed by atoms with Crippen molar-refractivity contribution in [1.82, 2.24) is 4.90 Å². The fourth-order valence-corrected chi connectivity index (χ4v) is 2.94. The Bertz CT molecular complexity index is 834. The first kappa shape index (κ1) is 19.3. The van der Waals surface area contributed by atoms with E-state index in [4.69, 9.17) is 4.74 Å². The Labute approximate surface area is 156 Å². The van der Waals surface area contributed by atoms with E-state index in [2.05, 4.69) is 0 Å². The summed E-state index contributed by atoms with van der Waals surface area (Å²) < 4.78 is 45.8. The second kappa shape index (κ2) is 7.62. The first-order valence-corrected chi connectivity index (χ1v) is 8.51. The van der Waals surface area contributed by atoms with Crippen molar-refractivity contribution in [2.75, 3.05) is 32.3 Å². The van der Waals surface area contributed by atoms with Crippen LogP contribution in [0.25, 0.3) is 11.1 Å². The minimum Gasteiger partial charge on any atom is -0.492 e. The van der Waals surface area contributed by atoms with Gasteiger partial charge in [0.25, 0.3) is 0 Å². The van der Waals surface area contributed by atoms with Crippen LogP contribution >= 0.6 is 0 Å². The largest absolute Gasteiger partial charge is 0.492 e. The van der Waals surface area contributed by atoms with Gasteiger partial charge in [0.1, 0.15) is 18.3 Å². The average Bonchev–Trinajstić information content (AvgIpc) is 2.60. The molecule has 0 radical (unpaired) electrons. The first-order valence-electron chi connectivity index (χ1n) is 8.51. The zero-order chi connectivity index (χ0) is 19.6. The molecule has 0 fully saturated rings. The Balaban J connectivity index is 1.91. The molecule has 144 valence electrons. The van der Waals surface area contributed by atoms with Gasteiger partial charge in [-0.25, -0.2) is 5.06 Å². The molecule has 0 saturated carbocycles. The molecule has 7 heteroatoms. The number of rotatable bonds is 5. The summed E-state index contributed by atoms with van der Waals surface area (Å²) in [5.74, 6) is -1.10. The Morgan fingerprint density at radius 2 is 1.85 bits per heavy atom. The summed E-state index contributed by atoms with van der Waals surface area (Å²) >= 11 is 0. The van der Waals surface area contributed by atoms with Gasteiger partial charge in [-0.05, 0) is 61.1 Å². The number of likely N-dealkylation sites (N-methyl/N-ethyl adjacent to an activating group) is 1. The molecular formula is C20H21F3N2O2. The van der Waals surface area contributed by atoms with Crippen molar-refractivity contribution >= 4 is 5.69 Å². The topological polar surface area (TPSA) is 35.9 Å². The van der Waals surface area contributed by atoms with Crippen LogP contribution in [-0.2, 0) is 0 Å². The molecule has 1 heterocycles. The highest BCUT2D eigenvalue weighted by atomic mass is 19.4. The third-order valence-electron chi connectivity index (χ3n) is 4.36. The number of hydroxylamine groups is 1. The normalized spacial score (nSPS) is 16.6. The lowest BCUT2D eigenvalue weighted by atomic mass is 9.91. The van der Waals surface area contributed by atoms with Crippen LogP contribution in [0.5, 0.6) is 5.75 Å². The number of halogens is 3. The van der Waals surface area contributed by atoms with Crippen molar-refractivity contribution in [2.24, 2.45) is 0 Å². The van der Waals surface area contributed by atoms with E-state index >= 15 is 0 Å². The maximum atomic E-state index is 13.4. The molecule has 1 aliphatic rings. The van der Waals surface area contributed by atoms with Gasteiger partial charge in [0.15, 0.2) is 0 Å². The van der Waals surface area contributed by atoms with Gasteiger partial charge in [0, 0.05) is 12.7 Å². The van der Waals surface area contributed by atoms with Gasteiger partial charge in [0.05, 0.1) is 5.69 Å². The van der Waals surface area contributed by atoms with Gasteiger partial charge in [-0.15, -0.1) is 0 Å². The van der Waals surface area contributed by atoms with Crippen LogP contribution in [0.1, 0.15) is 11.5 Å². The maximum absolute atomic E-state index is 13.4. The van der Waals surface area contributed by atoms with Crippen molar-refractivity contribution in [2.45, 2.75) is 12.1 Å². The summed E-state index contributed by atoms with van der Waals surface area (Å²) in [6.07, 6.45) is -2.45. The predicted octanol–water partition coefficient (Wildman–Crippen LogP) is 4.66. The first-order chi connectivity index (χ1) is 12.8. The molecule has 0 aromatic heterocycles. The van der Waals surface area contributed by atoms with Crippen LogP contribution in [0, 0.1) is 0 Å². The summed E-state index contributed by atoms with van der Waals surface area (Å²) in [5, 5.41) is 10.6. The smallest absolute Gasteiger partial charge is 0.399 e. The third kappa shape index (κ3) is 4.43. The highest BCUT2D eigenvalue weighted by molar-refractivity contribution is 5.72. The van der Waals surface area contributed by atoms with Gasteiger partial charge in [-0.1, -0.05) is 18.2 Å². The van der Waals surface area contributed by atoms with Crippen LogP contribution < -0.4 is 9.80 Å². The molecule has 1 atom stereocenters. The van der Waals surface area contributed by atoms with E-state index in [0.717, 1.165) is 24.4 Å². The summed E-state index contributed by atoms with van der Waals surface area (Å²) in [7, 11) is 3.89. The zero-order valence-corrected chi connectivity index (χ0v) is 15.1. The van der Waals surface area contributed by atoms with Crippen molar-refractivity contribution in [3.63, 3.8) is 0 Å². The molecule has 1 aliphatic heterocycles. The Morgan fingerprint density at radius 3 is 2.56 bits per heavy atom. The number of ether oxygens (including phenoxy) is 1. The van der Waals surface area contributed by atoms with E-state index in [9.17, 15) is 18.4 Å². The lowest BCUT2D eigenvalue weighted by molar-refractivity contribution is -0.139. The summed E-state index contributed by atoms with van der Waals surface area (Å²) in [6, 6.07) is 11.9. The fraction of sp³-hybridized carbons (Fsp3) is 0.300. The van der Waals surface area contributed by atoms with E-state index in [1.807, 2.05) is 31.1 Å². The van der Waals surface area contributed by atoms with Crippen molar-refractivity contribution in [1.29, 1.82) is 0 Å². The van der Waals surface area contributed by atoms with Gasteiger partial charge < -0.3 is 9.64 Å². The molecule has 0 saturated heterocycles. The van der Waals surface area contributed by atoms with Gasteiger partial charge in [-0.2, -0.15) is 13.2 Å². The number of allylic oxidation sites excluding steroid dienone is 1. The highest BCUT2D eigenvalue weighted by Gasteiger charge is 2.42. The number of anilines is 1. The predicted molar refractivity (Wildman–Crippen MR) is 98.1 cm³/mol. The molecule has 1 N–H and O–H groups in total. The van der Waals surface area contributed by atoms with Crippen LogP contribution in [0.4, 0.5) is 18.9 Å². The SMILES string of the molecule is CN(C)CCOc1cccc(-c2ccc3c(c2)C(C(F)(F)F)C=CN3O)c1. The minimum absolute atomic E-state index is 0.0175. The summed E-state index contributed by atoms with van der Waals surface area (Å²) in [6.45, 7) is 1.27. The van der Waals surface area contributed by atoms with E-state index in [0.29, 0.717) is 23.0 Å². The van der Waals surface area contributed by atoms with Gasteiger partial charge in [-0.3, -0.25) is 5.21 Å². The molecule has 2 aromatic carbocycles. The summed E-state index contributed by atoms with van der Waals surface area (Å²) in [4.78, 5) is 2.00. The molecule has 0 aliphatic carbocycles. The molecule has 0 bridgehead atoms. The van der Waals surface area contributed by atoms with Crippen LogP contribution in [0.2, 0.25) is 0 Å². The zero-order valence-electron chi connectivity index (χ0n) is 15.1. The number of benzene rings is 2. The highest BCUT2D eigenvalue weighted by Crippen LogP contribution is 2.44. The standard InChI is InChI=1S/C20H21F3N2O2/c1-24(2)10-11-27-16-5-3-4-14(12-16)15-6-7-19-17(13-15)18(20(21,22)23)8-9-25(19)26/h3-9,12-13,18,26H,10-11H2,1-2H3. The van der Waals surface area contributed by atoms with E-state index in [-0.39, 0.29) is 11.3 Å². The second-order valence-corrected chi connectivity index (χ2v) is 6.66. The fourth-order valence-electron chi connectivity index (χ4n) is 2.94. The molecule has 2 aromatic rings. The van der Waals surface area contributed by atoms with E-state index in [1.54, 1.807) is 18.2 Å². The second-order valence-electron chi connectivity index (χ2n) is 6.66. The lowest BCUT2D eigenvalue weighted by Crippen LogP contribution is -2.26. The number of fused-ring (bicyclic) bond motifs is 1. The molecular weight excluding hydrogens is 357 g/mol. The Hall–Kier alpha value is -2.51.